The number of nitrogens with one attached hydrogen (secondary N) is 1. The Bertz CT molecular complexity index is 1360. The van der Waals surface area contributed by atoms with E-state index < -0.39 is 22.5 Å². The van der Waals surface area contributed by atoms with E-state index in [1.807, 2.05) is 19.1 Å². The van der Waals surface area contributed by atoms with Gasteiger partial charge < -0.3 is 15.0 Å². The van der Waals surface area contributed by atoms with E-state index in [9.17, 15) is 13.2 Å². The number of hydrogen-bond acceptors (Lipinski definition) is 5. The van der Waals surface area contributed by atoms with Crippen molar-refractivity contribution in [2.24, 2.45) is 5.92 Å². The number of rotatable bonds is 9. The van der Waals surface area contributed by atoms with Crippen LogP contribution in [0.4, 0.5) is 11.4 Å². The Kier molecular flexibility index (Phi) is 8.84. The average molecular weight is 556 g/mol. The van der Waals surface area contributed by atoms with Crippen LogP contribution in [0.5, 0.6) is 5.75 Å². The quantitative estimate of drug-likeness (QED) is 0.382. The molecule has 0 radical (unpaired) electrons. The zero-order valence-corrected chi connectivity index (χ0v) is 23.6. The minimum atomic E-state index is -4.04. The maximum atomic E-state index is 13.6. The fourth-order valence-electron chi connectivity index (χ4n) is 4.60. The third-order valence-corrected chi connectivity index (χ3v) is 8.85. The van der Waals surface area contributed by atoms with Crippen molar-refractivity contribution in [3.05, 3.63) is 82.9 Å². The molecule has 0 saturated carbocycles. The molecule has 0 bridgehead atoms. The van der Waals surface area contributed by atoms with Crippen molar-refractivity contribution in [3.8, 4) is 5.75 Å². The van der Waals surface area contributed by atoms with Gasteiger partial charge in [0, 0.05) is 25.3 Å². The summed E-state index contributed by atoms with van der Waals surface area (Å²) in [6.07, 6.45) is 2.46. The third-order valence-electron chi connectivity index (χ3n) is 6.77. The highest BCUT2D eigenvalue weighted by Gasteiger charge is 2.28. The summed E-state index contributed by atoms with van der Waals surface area (Å²) in [7, 11) is -2.56. The van der Waals surface area contributed by atoms with E-state index in [1.165, 1.54) is 43.8 Å². The van der Waals surface area contributed by atoms with Gasteiger partial charge in [-0.2, -0.15) is 0 Å². The van der Waals surface area contributed by atoms with E-state index in [0.717, 1.165) is 28.5 Å². The molecule has 7 nitrogen and oxygen atoms in total. The second-order valence-corrected chi connectivity index (χ2v) is 12.0. The molecule has 1 fully saturated rings. The molecule has 1 aliphatic rings. The fourth-order valence-corrected chi connectivity index (χ4v) is 6.26. The number of amides is 1. The van der Waals surface area contributed by atoms with Crippen LogP contribution in [0.15, 0.2) is 71.6 Å². The maximum absolute atomic E-state index is 13.6. The predicted octanol–water partition coefficient (Wildman–Crippen LogP) is 5.41. The summed E-state index contributed by atoms with van der Waals surface area (Å²) in [5, 5.41) is 3.11. The Morgan fingerprint density at radius 1 is 1.11 bits per heavy atom. The van der Waals surface area contributed by atoms with Gasteiger partial charge in [0.15, 0.2) is 0 Å². The van der Waals surface area contributed by atoms with Crippen LogP contribution in [0.1, 0.15) is 30.9 Å². The first kappa shape index (κ1) is 27.8. The van der Waals surface area contributed by atoms with Crippen LogP contribution >= 0.6 is 11.6 Å². The molecule has 3 aromatic rings. The van der Waals surface area contributed by atoms with Gasteiger partial charge in [0.1, 0.15) is 12.3 Å². The van der Waals surface area contributed by atoms with Gasteiger partial charge in [-0.25, -0.2) is 8.42 Å². The number of aryl methyl sites for hydroxylation is 1. The van der Waals surface area contributed by atoms with Gasteiger partial charge in [0.05, 0.1) is 22.7 Å². The average Bonchev–Trinajstić information content (AvgIpc) is 2.91. The Morgan fingerprint density at radius 3 is 2.45 bits per heavy atom. The van der Waals surface area contributed by atoms with Gasteiger partial charge in [-0.1, -0.05) is 48.4 Å². The molecule has 9 heteroatoms. The van der Waals surface area contributed by atoms with Gasteiger partial charge in [-0.3, -0.25) is 9.10 Å². The van der Waals surface area contributed by atoms with Crippen LogP contribution in [0, 0.1) is 12.8 Å². The number of methoxy groups -OCH3 is 1. The van der Waals surface area contributed by atoms with Crippen LogP contribution < -0.4 is 19.3 Å². The summed E-state index contributed by atoms with van der Waals surface area (Å²) < 4.78 is 33.5. The molecule has 1 heterocycles. The van der Waals surface area contributed by atoms with E-state index in [4.69, 9.17) is 16.3 Å². The SMILES string of the molecule is COc1ccc(N(CC(=O)NCc2ccc(N3CCCC(C)C3)cc2)S(=O)(=O)c2ccc(C)cc2)cc1Cl. The van der Waals surface area contributed by atoms with Crippen molar-refractivity contribution in [2.75, 3.05) is 35.9 Å². The van der Waals surface area contributed by atoms with E-state index in [-0.39, 0.29) is 22.2 Å². The number of carbonyl (C=O) groups excluding carboxylic acids is 1. The Hall–Kier alpha value is -3.23. The molecule has 3 aromatic carbocycles. The second kappa shape index (κ2) is 12.1. The van der Waals surface area contributed by atoms with Crippen molar-refractivity contribution >= 4 is 38.9 Å². The van der Waals surface area contributed by atoms with Crippen molar-refractivity contribution in [3.63, 3.8) is 0 Å². The largest absolute Gasteiger partial charge is 0.495 e. The molecular weight excluding hydrogens is 522 g/mol. The zero-order chi connectivity index (χ0) is 27.3. The summed E-state index contributed by atoms with van der Waals surface area (Å²) in [6.45, 7) is 6.15. The Morgan fingerprint density at radius 2 is 1.82 bits per heavy atom. The van der Waals surface area contributed by atoms with Crippen LogP contribution in [-0.4, -0.2) is 41.1 Å². The lowest BCUT2D eigenvalue weighted by atomic mass is 9.99. The van der Waals surface area contributed by atoms with Crippen LogP contribution in [0.25, 0.3) is 0 Å². The molecular formula is C29H34ClN3O4S. The number of halogens is 1. The van der Waals surface area contributed by atoms with Crippen molar-refractivity contribution in [1.82, 2.24) is 5.32 Å². The molecule has 0 aliphatic carbocycles. The number of piperidine rings is 1. The summed E-state index contributed by atoms with van der Waals surface area (Å²) in [5.74, 6) is 0.666. The molecule has 1 amide bonds. The number of anilines is 2. The minimum absolute atomic E-state index is 0.0884. The number of sulfonamides is 1. The predicted molar refractivity (Wildman–Crippen MR) is 153 cm³/mol. The number of hydrogen-bond donors (Lipinski definition) is 1. The number of carbonyl (C=O) groups is 1. The van der Waals surface area contributed by atoms with Gasteiger partial charge in [0.25, 0.3) is 10.0 Å². The van der Waals surface area contributed by atoms with E-state index in [1.54, 1.807) is 24.3 Å². The summed E-state index contributed by atoms with van der Waals surface area (Å²) in [5.41, 5.74) is 3.32. The standard InChI is InChI=1S/C29H34ClN3O4S/c1-21-6-13-26(14-7-21)38(35,36)33(25-12-15-28(37-3)27(30)17-25)20-29(34)31-18-23-8-10-24(11-9-23)32-16-4-5-22(2)19-32/h6-15,17,22H,4-5,16,18-20H2,1-3H3,(H,31,34). The van der Waals surface area contributed by atoms with E-state index in [0.29, 0.717) is 11.7 Å². The molecule has 38 heavy (non-hydrogen) atoms. The van der Waals surface area contributed by atoms with Crippen molar-refractivity contribution in [1.29, 1.82) is 0 Å². The molecule has 0 spiro atoms. The second-order valence-electron chi connectivity index (χ2n) is 9.78. The molecule has 4 rings (SSSR count). The summed E-state index contributed by atoms with van der Waals surface area (Å²) in [4.78, 5) is 15.5. The number of nitrogens with zero attached hydrogens (tertiary/aromatic N) is 2. The number of benzene rings is 3. The molecule has 1 saturated heterocycles. The molecule has 0 aromatic heterocycles. The monoisotopic (exact) mass is 555 g/mol. The van der Waals surface area contributed by atoms with Crippen LogP contribution in [-0.2, 0) is 21.4 Å². The van der Waals surface area contributed by atoms with Gasteiger partial charge in [0.2, 0.25) is 5.91 Å². The summed E-state index contributed by atoms with van der Waals surface area (Å²) in [6, 6.07) is 19.3. The van der Waals surface area contributed by atoms with E-state index >= 15 is 0 Å². The fraction of sp³-hybridized carbons (Fsp3) is 0.345. The number of ether oxygens (including phenoxy) is 1. The molecule has 1 atom stereocenters. The highest BCUT2D eigenvalue weighted by atomic mass is 35.5. The molecule has 1 unspecified atom stereocenters. The smallest absolute Gasteiger partial charge is 0.264 e. The first-order valence-corrected chi connectivity index (χ1v) is 14.5. The lowest BCUT2D eigenvalue weighted by molar-refractivity contribution is -0.119. The lowest BCUT2D eigenvalue weighted by Crippen LogP contribution is -2.40. The zero-order valence-electron chi connectivity index (χ0n) is 22.0. The normalized spacial score (nSPS) is 15.7. The lowest BCUT2D eigenvalue weighted by Gasteiger charge is -2.32. The van der Waals surface area contributed by atoms with Gasteiger partial charge in [-0.15, -0.1) is 0 Å². The van der Waals surface area contributed by atoms with Gasteiger partial charge in [-0.05, 0) is 73.7 Å². The van der Waals surface area contributed by atoms with Crippen LogP contribution in [0.3, 0.4) is 0 Å². The van der Waals surface area contributed by atoms with Gasteiger partial charge >= 0.3 is 0 Å². The van der Waals surface area contributed by atoms with E-state index in [2.05, 4.69) is 29.3 Å². The van der Waals surface area contributed by atoms with Crippen molar-refractivity contribution in [2.45, 2.75) is 38.1 Å². The third kappa shape index (κ3) is 6.60. The molecule has 1 aliphatic heterocycles. The minimum Gasteiger partial charge on any atom is -0.495 e. The first-order chi connectivity index (χ1) is 18.2. The highest BCUT2D eigenvalue weighted by molar-refractivity contribution is 7.92. The van der Waals surface area contributed by atoms with Crippen LogP contribution in [0.2, 0.25) is 5.02 Å². The van der Waals surface area contributed by atoms with Crippen molar-refractivity contribution < 1.29 is 17.9 Å². The summed E-state index contributed by atoms with van der Waals surface area (Å²) >= 11 is 6.29. The Labute approximate surface area is 230 Å². The maximum Gasteiger partial charge on any atom is 0.264 e. The first-order valence-electron chi connectivity index (χ1n) is 12.7. The Balaban J connectivity index is 1.49. The highest BCUT2D eigenvalue weighted by Crippen LogP contribution is 2.32. The molecule has 1 N–H and O–H groups in total. The molecule has 202 valence electrons. The topological polar surface area (TPSA) is 79.0 Å².